The molecule has 0 radical (unpaired) electrons. The molecule has 1 saturated carbocycles. The predicted molar refractivity (Wildman–Crippen MR) is 115 cm³/mol. The van der Waals surface area contributed by atoms with Crippen LogP contribution >= 0.6 is 11.3 Å². The van der Waals surface area contributed by atoms with Crippen LogP contribution in [0.5, 0.6) is 0 Å². The number of hydrogen-bond donors (Lipinski definition) is 1. The SMILES string of the molecule is CCOCCCN1C(=O)c2cc3sccc3n2C[C@@]1(C)C(=O)NC1CCCCC1. The van der Waals surface area contributed by atoms with Gasteiger partial charge in [-0.3, -0.25) is 9.59 Å². The lowest BCUT2D eigenvalue weighted by molar-refractivity contribution is -0.133. The van der Waals surface area contributed by atoms with E-state index in [1.165, 1.54) is 6.42 Å². The van der Waals surface area contributed by atoms with Gasteiger partial charge >= 0.3 is 0 Å². The molecule has 0 bridgehead atoms. The van der Waals surface area contributed by atoms with Crippen LogP contribution in [-0.4, -0.2) is 52.6 Å². The van der Waals surface area contributed by atoms with Crippen LogP contribution in [0.25, 0.3) is 10.2 Å². The van der Waals surface area contributed by atoms with Gasteiger partial charge in [0.1, 0.15) is 11.2 Å². The normalized spacial score (nSPS) is 22.8. The third kappa shape index (κ3) is 3.82. The quantitative estimate of drug-likeness (QED) is 0.697. The van der Waals surface area contributed by atoms with E-state index in [0.29, 0.717) is 32.0 Å². The van der Waals surface area contributed by atoms with Crippen LogP contribution in [0, 0.1) is 0 Å². The number of hydrogen-bond acceptors (Lipinski definition) is 4. The molecule has 7 heteroatoms. The maximum atomic E-state index is 13.5. The molecule has 1 aliphatic heterocycles. The zero-order valence-electron chi connectivity index (χ0n) is 17.4. The van der Waals surface area contributed by atoms with Crippen molar-refractivity contribution < 1.29 is 14.3 Å². The first kappa shape index (κ1) is 20.4. The molecule has 6 nitrogen and oxygen atoms in total. The molecule has 0 saturated heterocycles. The molecule has 2 amide bonds. The van der Waals surface area contributed by atoms with E-state index in [1.807, 2.05) is 35.9 Å². The molecule has 1 aliphatic carbocycles. The van der Waals surface area contributed by atoms with E-state index in [-0.39, 0.29) is 17.9 Å². The highest BCUT2D eigenvalue weighted by Crippen LogP contribution is 2.34. The van der Waals surface area contributed by atoms with E-state index >= 15 is 0 Å². The van der Waals surface area contributed by atoms with Gasteiger partial charge in [0.2, 0.25) is 5.91 Å². The van der Waals surface area contributed by atoms with Crippen LogP contribution in [0.2, 0.25) is 0 Å². The standard InChI is InChI=1S/C22H31N3O3S/c1-3-28-12-7-11-25-20(26)18-14-19-17(10-13-29-19)24(18)15-22(25,2)21(27)23-16-8-5-4-6-9-16/h10,13-14,16H,3-9,11-12,15H2,1-2H3,(H,23,27)/t22-/m0/s1. The van der Waals surface area contributed by atoms with Gasteiger partial charge in [0.05, 0.1) is 16.8 Å². The molecule has 3 heterocycles. The minimum absolute atomic E-state index is 0.0307. The fourth-order valence-corrected chi connectivity index (χ4v) is 5.50. The second-order valence-electron chi connectivity index (χ2n) is 8.38. The monoisotopic (exact) mass is 417 g/mol. The maximum Gasteiger partial charge on any atom is 0.271 e. The summed E-state index contributed by atoms with van der Waals surface area (Å²) >= 11 is 1.63. The van der Waals surface area contributed by atoms with Gasteiger partial charge in [0, 0.05) is 25.8 Å². The first-order valence-electron chi connectivity index (χ1n) is 10.8. The average molecular weight is 418 g/mol. The summed E-state index contributed by atoms with van der Waals surface area (Å²) in [5, 5.41) is 5.31. The molecule has 29 heavy (non-hydrogen) atoms. The van der Waals surface area contributed by atoms with Crippen molar-refractivity contribution in [1.29, 1.82) is 0 Å². The predicted octanol–water partition coefficient (Wildman–Crippen LogP) is 3.79. The summed E-state index contributed by atoms with van der Waals surface area (Å²) in [5.41, 5.74) is 0.831. The average Bonchev–Trinajstić information content (AvgIpc) is 3.30. The van der Waals surface area contributed by atoms with Crippen LogP contribution in [0.1, 0.15) is 62.9 Å². The highest BCUT2D eigenvalue weighted by molar-refractivity contribution is 7.17. The van der Waals surface area contributed by atoms with Crippen LogP contribution in [0.15, 0.2) is 17.5 Å². The summed E-state index contributed by atoms with van der Waals surface area (Å²) in [6.07, 6.45) is 6.36. The lowest BCUT2D eigenvalue weighted by Crippen LogP contribution is -2.65. The van der Waals surface area contributed by atoms with Crippen LogP contribution < -0.4 is 5.32 Å². The Labute approximate surface area is 176 Å². The van der Waals surface area contributed by atoms with Crippen LogP contribution in [0.3, 0.4) is 0 Å². The van der Waals surface area contributed by atoms with Gasteiger partial charge < -0.3 is 19.5 Å². The molecule has 2 aromatic heterocycles. The number of aromatic nitrogens is 1. The molecule has 4 rings (SSSR count). The fraction of sp³-hybridized carbons (Fsp3) is 0.636. The third-order valence-corrected chi connectivity index (χ3v) is 7.21. The van der Waals surface area contributed by atoms with Crippen LogP contribution in [0.4, 0.5) is 0 Å². The van der Waals surface area contributed by atoms with Gasteiger partial charge in [-0.1, -0.05) is 19.3 Å². The van der Waals surface area contributed by atoms with E-state index in [0.717, 1.165) is 42.3 Å². The Hall–Kier alpha value is -1.86. The Bertz CT molecular complexity index is 883. The molecule has 158 valence electrons. The summed E-state index contributed by atoms with van der Waals surface area (Å²) in [5.74, 6) is -0.0886. The van der Waals surface area contributed by atoms with Gasteiger partial charge in [-0.15, -0.1) is 11.3 Å². The van der Waals surface area contributed by atoms with E-state index in [9.17, 15) is 9.59 Å². The number of thiophene rings is 1. The van der Waals surface area contributed by atoms with E-state index in [1.54, 1.807) is 16.2 Å². The first-order chi connectivity index (χ1) is 14.0. The highest BCUT2D eigenvalue weighted by Gasteiger charge is 2.47. The second-order valence-corrected chi connectivity index (χ2v) is 9.32. The molecule has 1 N–H and O–H groups in total. The second kappa shape index (κ2) is 8.48. The number of ether oxygens (including phenoxy) is 1. The Morgan fingerprint density at radius 2 is 2.14 bits per heavy atom. The van der Waals surface area contributed by atoms with E-state index in [4.69, 9.17) is 4.74 Å². The smallest absolute Gasteiger partial charge is 0.271 e. The Balaban J connectivity index is 1.62. The number of nitrogens with zero attached hydrogens (tertiary/aromatic N) is 2. The van der Waals surface area contributed by atoms with Crippen molar-refractivity contribution in [3.05, 3.63) is 23.2 Å². The zero-order chi connectivity index (χ0) is 20.4. The van der Waals surface area contributed by atoms with Crippen molar-refractivity contribution in [2.45, 2.75) is 70.5 Å². The van der Waals surface area contributed by atoms with Gasteiger partial charge in [-0.25, -0.2) is 0 Å². The summed E-state index contributed by atoms with van der Waals surface area (Å²) in [7, 11) is 0. The van der Waals surface area contributed by atoms with Crippen molar-refractivity contribution in [3.63, 3.8) is 0 Å². The highest BCUT2D eigenvalue weighted by atomic mass is 32.1. The Morgan fingerprint density at radius 3 is 2.90 bits per heavy atom. The van der Waals surface area contributed by atoms with E-state index < -0.39 is 5.54 Å². The van der Waals surface area contributed by atoms with Crippen molar-refractivity contribution in [2.24, 2.45) is 0 Å². The van der Waals surface area contributed by atoms with Gasteiger partial charge in [-0.2, -0.15) is 0 Å². The zero-order valence-corrected chi connectivity index (χ0v) is 18.2. The third-order valence-electron chi connectivity index (χ3n) is 6.35. The number of nitrogens with one attached hydrogen (secondary N) is 1. The van der Waals surface area contributed by atoms with Crippen molar-refractivity contribution in [2.75, 3.05) is 19.8 Å². The summed E-state index contributed by atoms with van der Waals surface area (Å²) < 4.78 is 8.61. The summed E-state index contributed by atoms with van der Waals surface area (Å²) in [6.45, 7) is 6.15. The fourth-order valence-electron chi connectivity index (χ4n) is 4.68. The molecule has 1 atom stereocenters. The lowest BCUT2D eigenvalue weighted by Gasteiger charge is -2.45. The number of carbonyl (C=O) groups is 2. The molecule has 2 aliphatic rings. The molecular formula is C22H31N3O3S. The molecule has 0 spiro atoms. The van der Waals surface area contributed by atoms with Crippen molar-refractivity contribution in [1.82, 2.24) is 14.8 Å². The van der Waals surface area contributed by atoms with Crippen LogP contribution in [-0.2, 0) is 16.1 Å². The topological polar surface area (TPSA) is 63.6 Å². The minimum atomic E-state index is -0.901. The number of rotatable bonds is 7. The lowest BCUT2D eigenvalue weighted by atomic mass is 9.91. The Kier molecular flexibility index (Phi) is 5.97. The minimum Gasteiger partial charge on any atom is -0.382 e. The molecule has 1 fully saturated rings. The largest absolute Gasteiger partial charge is 0.382 e. The molecular weight excluding hydrogens is 386 g/mol. The van der Waals surface area contributed by atoms with E-state index in [2.05, 4.69) is 5.32 Å². The van der Waals surface area contributed by atoms with Crippen molar-refractivity contribution in [3.8, 4) is 0 Å². The number of fused-ring (bicyclic) bond motifs is 3. The molecule has 0 unspecified atom stereocenters. The number of amides is 2. The summed E-state index contributed by atoms with van der Waals surface area (Å²) in [6, 6.07) is 4.23. The number of carbonyl (C=O) groups excluding carboxylic acids is 2. The maximum absolute atomic E-state index is 13.5. The van der Waals surface area contributed by atoms with Gasteiger partial charge in [0.25, 0.3) is 5.91 Å². The Morgan fingerprint density at radius 1 is 1.34 bits per heavy atom. The first-order valence-corrected chi connectivity index (χ1v) is 11.7. The van der Waals surface area contributed by atoms with Gasteiger partial charge in [-0.05, 0) is 50.6 Å². The molecule has 0 aromatic carbocycles. The molecule has 2 aromatic rings. The summed E-state index contributed by atoms with van der Waals surface area (Å²) in [4.78, 5) is 28.7. The van der Waals surface area contributed by atoms with Crippen molar-refractivity contribution >= 4 is 33.4 Å². The van der Waals surface area contributed by atoms with Gasteiger partial charge in [0.15, 0.2) is 0 Å².